The number of Topliss-reactive ketones (excluding diaryl/α,β-unsaturated/α-hetero) is 1. The van der Waals surface area contributed by atoms with Crippen molar-refractivity contribution in [3.8, 4) is 0 Å². The third-order valence-electron chi connectivity index (χ3n) is 7.14. The van der Waals surface area contributed by atoms with Gasteiger partial charge in [0.25, 0.3) is 11.8 Å². The quantitative estimate of drug-likeness (QED) is 0.643. The third-order valence-corrected chi connectivity index (χ3v) is 7.14. The molecular formula is C29H35N3O4. The molecule has 7 heteroatoms. The lowest BCUT2D eigenvalue weighted by Crippen LogP contribution is -2.53. The van der Waals surface area contributed by atoms with Gasteiger partial charge < -0.3 is 15.1 Å². The fourth-order valence-electron chi connectivity index (χ4n) is 5.24. The van der Waals surface area contributed by atoms with Gasteiger partial charge in [0.05, 0.1) is 12.6 Å². The molecule has 0 aromatic heterocycles. The standard InChI is InChI=1S/C29H35N3O4/c1-18(2)16-23(30-27(34)21-12-10-20(11-13-21)19(3)4)29(36)31-15-14-24-26(31)25(33)17-32(24)28(35)22-8-6-5-7-9-22/h5-13,18-19,23-24,26H,14-17H2,1-4H3,(H,30,34)/t23-,24+,26-/m0/s1. The molecule has 0 saturated carbocycles. The van der Waals surface area contributed by atoms with E-state index in [2.05, 4.69) is 19.2 Å². The fraction of sp³-hybridized carbons (Fsp3) is 0.448. The van der Waals surface area contributed by atoms with Gasteiger partial charge in [0.15, 0.2) is 5.78 Å². The molecule has 0 radical (unpaired) electrons. The van der Waals surface area contributed by atoms with Crippen molar-refractivity contribution in [2.45, 2.75) is 64.6 Å². The van der Waals surface area contributed by atoms with Crippen molar-refractivity contribution in [3.63, 3.8) is 0 Å². The Morgan fingerprint density at radius 1 is 0.917 bits per heavy atom. The minimum Gasteiger partial charge on any atom is -0.340 e. The van der Waals surface area contributed by atoms with Crippen LogP contribution in [0.3, 0.4) is 0 Å². The number of amides is 3. The molecule has 2 aliphatic rings. The van der Waals surface area contributed by atoms with E-state index in [4.69, 9.17) is 0 Å². The number of nitrogens with zero attached hydrogens (tertiary/aromatic N) is 2. The number of likely N-dealkylation sites (tertiary alicyclic amines) is 2. The number of ketones is 1. The first-order valence-electron chi connectivity index (χ1n) is 12.8. The van der Waals surface area contributed by atoms with Crippen LogP contribution in [-0.2, 0) is 9.59 Å². The van der Waals surface area contributed by atoms with Crippen molar-refractivity contribution in [2.24, 2.45) is 5.92 Å². The summed E-state index contributed by atoms with van der Waals surface area (Å²) in [5.41, 5.74) is 2.17. The summed E-state index contributed by atoms with van der Waals surface area (Å²) in [6.07, 6.45) is 1.00. The van der Waals surface area contributed by atoms with E-state index in [0.29, 0.717) is 36.4 Å². The molecule has 2 saturated heterocycles. The molecule has 0 unspecified atom stereocenters. The Kier molecular flexibility index (Phi) is 7.57. The monoisotopic (exact) mass is 489 g/mol. The highest BCUT2D eigenvalue weighted by Crippen LogP contribution is 2.32. The molecule has 7 nitrogen and oxygen atoms in total. The number of rotatable bonds is 7. The lowest BCUT2D eigenvalue weighted by atomic mass is 10.00. The van der Waals surface area contributed by atoms with Gasteiger partial charge >= 0.3 is 0 Å². The second kappa shape index (κ2) is 10.6. The van der Waals surface area contributed by atoms with Gasteiger partial charge in [0, 0.05) is 17.7 Å². The van der Waals surface area contributed by atoms with E-state index in [1.165, 1.54) is 0 Å². The molecule has 36 heavy (non-hydrogen) atoms. The van der Waals surface area contributed by atoms with Gasteiger partial charge in [0.1, 0.15) is 12.1 Å². The number of nitrogens with one attached hydrogen (secondary N) is 1. The van der Waals surface area contributed by atoms with E-state index in [9.17, 15) is 19.2 Å². The number of carbonyl (C=O) groups excluding carboxylic acids is 4. The minimum absolute atomic E-state index is 0.00372. The zero-order valence-corrected chi connectivity index (χ0v) is 21.4. The SMILES string of the molecule is CC(C)C[C@H](NC(=O)c1ccc(C(C)C)cc1)C(=O)N1CC[C@@H]2[C@H]1C(=O)CN2C(=O)c1ccccc1. The first kappa shape index (κ1) is 25.6. The summed E-state index contributed by atoms with van der Waals surface area (Å²) in [6.45, 7) is 8.56. The van der Waals surface area contributed by atoms with Crippen LogP contribution in [0, 0.1) is 5.92 Å². The maximum Gasteiger partial charge on any atom is 0.254 e. The summed E-state index contributed by atoms with van der Waals surface area (Å²) in [4.78, 5) is 56.0. The Balaban J connectivity index is 1.50. The highest BCUT2D eigenvalue weighted by Gasteiger charge is 2.52. The molecule has 2 heterocycles. The van der Waals surface area contributed by atoms with Crippen LogP contribution in [0.1, 0.15) is 72.7 Å². The first-order chi connectivity index (χ1) is 17.2. The molecule has 2 aliphatic heterocycles. The zero-order valence-electron chi connectivity index (χ0n) is 21.4. The summed E-state index contributed by atoms with van der Waals surface area (Å²) in [5, 5.41) is 2.92. The van der Waals surface area contributed by atoms with Gasteiger partial charge in [-0.05, 0) is 54.5 Å². The Bertz CT molecular complexity index is 1130. The van der Waals surface area contributed by atoms with Crippen molar-refractivity contribution in [3.05, 3.63) is 71.3 Å². The van der Waals surface area contributed by atoms with Crippen LogP contribution >= 0.6 is 0 Å². The molecule has 3 atom stereocenters. The van der Waals surface area contributed by atoms with Crippen molar-refractivity contribution >= 4 is 23.5 Å². The van der Waals surface area contributed by atoms with Crippen LogP contribution in [0.2, 0.25) is 0 Å². The van der Waals surface area contributed by atoms with Crippen LogP contribution < -0.4 is 5.32 Å². The Morgan fingerprint density at radius 3 is 2.19 bits per heavy atom. The van der Waals surface area contributed by atoms with Gasteiger partial charge in [-0.3, -0.25) is 19.2 Å². The summed E-state index contributed by atoms with van der Waals surface area (Å²) in [7, 11) is 0. The molecule has 1 N–H and O–H groups in total. The van der Waals surface area contributed by atoms with Crippen molar-refractivity contribution in [1.29, 1.82) is 0 Å². The average Bonchev–Trinajstić information content (AvgIpc) is 3.44. The predicted octanol–water partition coefficient (Wildman–Crippen LogP) is 3.65. The summed E-state index contributed by atoms with van der Waals surface area (Å²) < 4.78 is 0. The van der Waals surface area contributed by atoms with Gasteiger partial charge in [-0.2, -0.15) is 0 Å². The van der Waals surface area contributed by atoms with Crippen LogP contribution in [0.15, 0.2) is 54.6 Å². The molecule has 2 fully saturated rings. The van der Waals surface area contributed by atoms with Crippen LogP contribution in [-0.4, -0.2) is 64.5 Å². The number of fused-ring (bicyclic) bond motifs is 1. The first-order valence-corrected chi connectivity index (χ1v) is 12.8. The lowest BCUT2D eigenvalue weighted by Gasteiger charge is -2.29. The number of carbonyl (C=O) groups is 4. The van der Waals surface area contributed by atoms with Gasteiger partial charge in [0.2, 0.25) is 5.91 Å². The molecule has 2 aromatic rings. The largest absolute Gasteiger partial charge is 0.340 e. The van der Waals surface area contributed by atoms with Crippen molar-refractivity contribution in [2.75, 3.05) is 13.1 Å². The van der Waals surface area contributed by atoms with E-state index in [0.717, 1.165) is 5.56 Å². The number of benzene rings is 2. The molecule has 0 spiro atoms. The molecule has 190 valence electrons. The topological polar surface area (TPSA) is 86.8 Å². The minimum atomic E-state index is -0.743. The van der Waals surface area contributed by atoms with Gasteiger partial charge in [-0.25, -0.2) is 0 Å². The Labute approximate surface area is 212 Å². The van der Waals surface area contributed by atoms with E-state index < -0.39 is 12.1 Å². The van der Waals surface area contributed by atoms with Gasteiger partial charge in [-0.15, -0.1) is 0 Å². The molecule has 0 aliphatic carbocycles. The van der Waals surface area contributed by atoms with Crippen LogP contribution in [0.25, 0.3) is 0 Å². The predicted molar refractivity (Wildman–Crippen MR) is 138 cm³/mol. The van der Waals surface area contributed by atoms with Gasteiger partial charge in [-0.1, -0.05) is 58.0 Å². The number of hydrogen-bond donors (Lipinski definition) is 1. The third kappa shape index (κ3) is 5.20. The maximum absolute atomic E-state index is 13.7. The van der Waals surface area contributed by atoms with Crippen LogP contribution in [0.5, 0.6) is 0 Å². The summed E-state index contributed by atoms with van der Waals surface area (Å²) >= 11 is 0. The second-order valence-corrected chi connectivity index (χ2v) is 10.5. The van der Waals surface area contributed by atoms with Crippen molar-refractivity contribution < 1.29 is 19.2 Å². The highest BCUT2D eigenvalue weighted by atomic mass is 16.2. The fourth-order valence-corrected chi connectivity index (χ4v) is 5.24. The smallest absolute Gasteiger partial charge is 0.254 e. The number of hydrogen-bond acceptors (Lipinski definition) is 4. The van der Waals surface area contributed by atoms with E-state index in [-0.39, 0.29) is 42.0 Å². The highest BCUT2D eigenvalue weighted by molar-refractivity contribution is 6.03. The Morgan fingerprint density at radius 2 is 1.58 bits per heavy atom. The summed E-state index contributed by atoms with van der Waals surface area (Å²) in [5.74, 6) is -0.366. The molecule has 4 rings (SSSR count). The summed E-state index contributed by atoms with van der Waals surface area (Å²) in [6, 6.07) is 14.6. The normalized spacial score (nSPS) is 20.1. The lowest BCUT2D eigenvalue weighted by molar-refractivity contribution is -0.138. The second-order valence-electron chi connectivity index (χ2n) is 10.5. The molecule has 0 bridgehead atoms. The van der Waals surface area contributed by atoms with Crippen LogP contribution in [0.4, 0.5) is 0 Å². The van der Waals surface area contributed by atoms with E-state index in [1.807, 2.05) is 32.0 Å². The molecule has 2 aromatic carbocycles. The molecule has 3 amide bonds. The average molecular weight is 490 g/mol. The molecular weight excluding hydrogens is 454 g/mol. The van der Waals surface area contributed by atoms with Crippen molar-refractivity contribution in [1.82, 2.24) is 15.1 Å². The maximum atomic E-state index is 13.7. The Hall–Kier alpha value is -3.48. The van der Waals surface area contributed by atoms with E-state index in [1.54, 1.807) is 46.2 Å². The zero-order chi connectivity index (χ0) is 26.0. The van der Waals surface area contributed by atoms with E-state index >= 15 is 0 Å².